The summed E-state index contributed by atoms with van der Waals surface area (Å²) in [5.41, 5.74) is 3.07. The smallest absolute Gasteiger partial charge is 0.230 e. The molecule has 1 aromatic carbocycles. The first-order chi connectivity index (χ1) is 14.0. The zero-order valence-corrected chi connectivity index (χ0v) is 17.2. The zero-order chi connectivity index (χ0) is 20.4. The van der Waals surface area contributed by atoms with Gasteiger partial charge in [-0.1, -0.05) is 30.3 Å². The Morgan fingerprint density at radius 1 is 1.14 bits per heavy atom. The van der Waals surface area contributed by atoms with Crippen molar-refractivity contribution in [3.05, 3.63) is 59.2 Å². The first kappa shape index (κ1) is 19.6. The van der Waals surface area contributed by atoms with Crippen LogP contribution in [0.4, 0.5) is 0 Å². The highest BCUT2D eigenvalue weighted by molar-refractivity contribution is 5.83. The molecule has 1 aromatic heterocycles. The minimum atomic E-state index is -0.182. The molecule has 152 valence electrons. The van der Waals surface area contributed by atoms with E-state index in [2.05, 4.69) is 4.98 Å². The third kappa shape index (κ3) is 4.02. The minimum Gasteiger partial charge on any atom is -0.338 e. The lowest BCUT2D eigenvalue weighted by atomic mass is 9.95. The highest BCUT2D eigenvalue weighted by atomic mass is 16.2. The van der Waals surface area contributed by atoms with Crippen LogP contribution in [0.1, 0.15) is 67.7 Å². The Morgan fingerprint density at radius 2 is 1.93 bits per heavy atom. The van der Waals surface area contributed by atoms with Crippen molar-refractivity contribution < 1.29 is 9.59 Å². The second-order valence-corrected chi connectivity index (χ2v) is 8.07. The zero-order valence-electron chi connectivity index (χ0n) is 17.2. The summed E-state index contributed by atoms with van der Waals surface area (Å²) >= 11 is 0. The van der Waals surface area contributed by atoms with Crippen molar-refractivity contribution in [2.75, 3.05) is 13.1 Å². The first-order valence-electron chi connectivity index (χ1n) is 10.5. The molecule has 2 aromatic rings. The van der Waals surface area contributed by atoms with Crippen molar-refractivity contribution in [1.82, 2.24) is 19.8 Å². The summed E-state index contributed by atoms with van der Waals surface area (Å²) in [6.07, 6.45) is 5.58. The number of amides is 2. The van der Waals surface area contributed by atoms with Crippen molar-refractivity contribution in [2.45, 2.75) is 58.0 Å². The summed E-state index contributed by atoms with van der Waals surface area (Å²) in [5, 5.41) is 0. The molecular formula is C23H28N4O2. The van der Waals surface area contributed by atoms with Gasteiger partial charge in [-0.3, -0.25) is 9.59 Å². The van der Waals surface area contributed by atoms with E-state index in [4.69, 9.17) is 4.98 Å². The molecule has 1 fully saturated rings. The molecule has 0 saturated carbocycles. The molecule has 2 atom stereocenters. The number of fused-ring (bicyclic) bond motifs is 1. The predicted octanol–water partition coefficient (Wildman–Crippen LogP) is 3.24. The number of aromatic nitrogens is 2. The number of rotatable bonds is 3. The monoisotopic (exact) mass is 392 g/mol. The molecule has 2 aliphatic rings. The Hall–Kier alpha value is -2.76. The number of carbonyl (C=O) groups is 2. The molecule has 0 spiro atoms. The summed E-state index contributed by atoms with van der Waals surface area (Å²) in [7, 11) is 0. The van der Waals surface area contributed by atoms with Gasteiger partial charge in [0.15, 0.2) is 5.82 Å². The normalized spacial score (nSPS) is 20.1. The molecule has 0 unspecified atom stereocenters. The van der Waals surface area contributed by atoms with Crippen molar-refractivity contribution in [3.8, 4) is 0 Å². The Bertz CT molecular complexity index is 899. The molecule has 2 amide bonds. The fourth-order valence-electron chi connectivity index (χ4n) is 4.36. The number of nitrogens with zero attached hydrogens (tertiary/aromatic N) is 4. The van der Waals surface area contributed by atoms with E-state index in [9.17, 15) is 9.59 Å². The van der Waals surface area contributed by atoms with Crippen LogP contribution in [0.15, 0.2) is 36.5 Å². The minimum absolute atomic E-state index is 0.0708. The average molecular weight is 393 g/mol. The van der Waals surface area contributed by atoms with Crippen molar-refractivity contribution >= 4 is 11.8 Å². The van der Waals surface area contributed by atoms with Gasteiger partial charge in [0.2, 0.25) is 11.8 Å². The molecule has 2 aliphatic heterocycles. The second-order valence-electron chi connectivity index (χ2n) is 8.07. The summed E-state index contributed by atoms with van der Waals surface area (Å²) in [5.74, 6) is 0.788. The maximum absolute atomic E-state index is 13.3. The summed E-state index contributed by atoms with van der Waals surface area (Å²) in [4.78, 5) is 38.3. The van der Waals surface area contributed by atoms with E-state index >= 15 is 0 Å². The molecule has 6 nitrogen and oxygen atoms in total. The summed E-state index contributed by atoms with van der Waals surface area (Å²) in [6, 6.07) is 9.88. The van der Waals surface area contributed by atoms with E-state index in [1.54, 1.807) is 6.92 Å². The number of hydrogen-bond acceptors (Lipinski definition) is 4. The topological polar surface area (TPSA) is 66.4 Å². The number of carbonyl (C=O) groups excluding carboxylic acids is 2. The lowest BCUT2D eigenvalue weighted by molar-refractivity contribution is -0.136. The van der Waals surface area contributed by atoms with Crippen LogP contribution in [0.5, 0.6) is 0 Å². The van der Waals surface area contributed by atoms with Gasteiger partial charge in [0.1, 0.15) is 0 Å². The van der Waals surface area contributed by atoms with Crippen LogP contribution in [0.25, 0.3) is 0 Å². The van der Waals surface area contributed by atoms with Crippen LogP contribution in [-0.4, -0.2) is 44.7 Å². The van der Waals surface area contributed by atoms with Crippen LogP contribution in [0.3, 0.4) is 0 Å². The maximum Gasteiger partial charge on any atom is 0.230 e. The lowest BCUT2D eigenvalue weighted by Gasteiger charge is -2.37. The number of benzene rings is 1. The lowest BCUT2D eigenvalue weighted by Crippen LogP contribution is -2.41. The van der Waals surface area contributed by atoms with E-state index in [-0.39, 0.29) is 23.8 Å². The van der Waals surface area contributed by atoms with Crippen LogP contribution in [-0.2, 0) is 22.6 Å². The molecule has 0 radical (unpaired) electrons. The van der Waals surface area contributed by atoms with E-state index in [0.717, 1.165) is 54.9 Å². The van der Waals surface area contributed by atoms with Crippen LogP contribution >= 0.6 is 0 Å². The van der Waals surface area contributed by atoms with Crippen LogP contribution in [0, 0.1) is 0 Å². The van der Waals surface area contributed by atoms with Gasteiger partial charge in [-0.25, -0.2) is 9.97 Å². The number of hydrogen-bond donors (Lipinski definition) is 0. The highest BCUT2D eigenvalue weighted by Crippen LogP contribution is 2.32. The molecule has 1 saturated heterocycles. The second kappa shape index (κ2) is 8.31. The molecule has 6 heteroatoms. The predicted molar refractivity (Wildman–Crippen MR) is 110 cm³/mol. The highest BCUT2D eigenvalue weighted by Gasteiger charge is 2.33. The van der Waals surface area contributed by atoms with E-state index in [1.807, 2.05) is 53.3 Å². The third-order valence-corrected chi connectivity index (χ3v) is 6.15. The van der Waals surface area contributed by atoms with Gasteiger partial charge in [0, 0.05) is 44.7 Å². The van der Waals surface area contributed by atoms with Gasteiger partial charge in [0.25, 0.3) is 0 Å². The number of piperidine rings is 1. The standard InChI is InChI=1S/C23H28N4O2/c1-16(18-8-4-3-5-9-18)23(29)27-12-7-6-10-21(27)22-24-14-19-15-26(17(2)28)13-11-20(19)25-22/h3-5,8-9,14,16,21H,6-7,10-13,15H2,1-2H3/t16-,21-/m1/s1. The molecule has 29 heavy (non-hydrogen) atoms. The molecule has 3 heterocycles. The fourth-order valence-corrected chi connectivity index (χ4v) is 4.36. The van der Waals surface area contributed by atoms with Crippen molar-refractivity contribution in [2.24, 2.45) is 0 Å². The van der Waals surface area contributed by atoms with Gasteiger partial charge >= 0.3 is 0 Å². The van der Waals surface area contributed by atoms with Gasteiger partial charge in [-0.05, 0) is 31.7 Å². The van der Waals surface area contributed by atoms with Crippen molar-refractivity contribution in [1.29, 1.82) is 0 Å². The Balaban J connectivity index is 1.56. The van der Waals surface area contributed by atoms with Gasteiger partial charge in [0.05, 0.1) is 17.7 Å². The Labute approximate surface area is 172 Å². The van der Waals surface area contributed by atoms with Gasteiger partial charge in [-0.15, -0.1) is 0 Å². The largest absolute Gasteiger partial charge is 0.338 e. The van der Waals surface area contributed by atoms with Gasteiger partial charge in [-0.2, -0.15) is 0 Å². The summed E-state index contributed by atoms with van der Waals surface area (Å²) < 4.78 is 0. The third-order valence-electron chi connectivity index (χ3n) is 6.15. The van der Waals surface area contributed by atoms with Crippen LogP contribution < -0.4 is 0 Å². The average Bonchev–Trinajstić information content (AvgIpc) is 2.78. The Morgan fingerprint density at radius 3 is 2.69 bits per heavy atom. The van der Waals surface area contributed by atoms with Crippen LogP contribution in [0.2, 0.25) is 0 Å². The molecule has 4 rings (SSSR count). The quantitative estimate of drug-likeness (QED) is 0.804. The van der Waals surface area contributed by atoms with Gasteiger partial charge < -0.3 is 9.80 Å². The molecule has 0 N–H and O–H groups in total. The Kier molecular flexibility index (Phi) is 5.60. The maximum atomic E-state index is 13.3. The number of likely N-dealkylation sites (tertiary alicyclic amines) is 1. The van der Waals surface area contributed by atoms with E-state index in [1.165, 1.54) is 0 Å². The summed E-state index contributed by atoms with van der Waals surface area (Å²) in [6.45, 7) is 5.59. The van der Waals surface area contributed by atoms with E-state index < -0.39 is 0 Å². The molecular weight excluding hydrogens is 364 g/mol. The van der Waals surface area contributed by atoms with E-state index in [0.29, 0.717) is 13.1 Å². The fraction of sp³-hybridized carbons (Fsp3) is 0.478. The molecule has 0 bridgehead atoms. The first-order valence-corrected chi connectivity index (χ1v) is 10.5. The molecule has 0 aliphatic carbocycles. The van der Waals surface area contributed by atoms with Crippen molar-refractivity contribution in [3.63, 3.8) is 0 Å². The SMILES string of the molecule is CC(=O)N1CCc2nc([C@H]3CCCCN3C(=O)[C@H](C)c3ccccc3)ncc2C1.